The molecule has 0 radical (unpaired) electrons. The van der Waals surface area contributed by atoms with E-state index < -0.39 is 0 Å². The van der Waals surface area contributed by atoms with E-state index in [2.05, 4.69) is 4.98 Å². The van der Waals surface area contributed by atoms with Gasteiger partial charge < -0.3 is 4.98 Å². The molecule has 0 amide bonds. The number of H-pyrrole nitrogens is 1. The van der Waals surface area contributed by atoms with Crippen molar-refractivity contribution in [2.24, 2.45) is 0 Å². The number of rotatable bonds is 2. The van der Waals surface area contributed by atoms with Crippen LogP contribution in [-0.2, 0) is 0 Å². The second kappa shape index (κ2) is 5.01. The predicted molar refractivity (Wildman–Crippen MR) is 79.3 cm³/mol. The number of aromatic nitrogens is 1. The molecule has 2 nitrogen and oxygen atoms in total. The summed E-state index contributed by atoms with van der Waals surface area (Å²) in [5.41, 5.74) is 4.01. The normalized spacial score (nSPS) is 16.9. The molecule has 19 heavy (non-hydrogen) atoms. The molecule has 1 fully saturated rings. The van der Waals surface area contributed by atoms with Crippen LogP contribution in [0.2, 0.25) is 5.02 Å². The molecule has 1 heterocycles. The molecule has 1 aliphatic carbocycles. The maximum Gasteiger partial charge on any atom is 0.152 e. The molecule has 100 valence electrons. The lowest BCUT2D eigenvalue weighted by molar-refractivity contribution is 0.112. The first kappa shape index (κ1) is 12.7. The van der Waals surface area contributed by atoms with Crippen LogP contribution in [0.4, 0.5) is 0 Å². The highest BCUT2D eigenvalue weighted by Gasteiger charge is 2.22. The van der Waals surface area contributed by atoms with Gasteiger partial charge in [-0.05, 0) is 37.3 Å². The van der Waals surface area contributed by atoms with Crippen molar-refractivity contribution in [2.45, 2.75) is 44.9 Å². The molecule has 1 saturated carbocycles. The quantitative estimate of drug-likeness (QED) is 0.770. The lowest BCUT2D eigenvalue weighted by Crippen LogP contribution is -2.06. The van der Waals surface area contributed by atoms with E-state index in [0.29, 0.717) is 5.92 Å². The summed E-state index contributed by atoms with van der Waals surface area (Å²) in [6, 6.07) is 3.84. The molecule has 2 aromatic rings. The van der Waals surface area contributed by atoms with Crippen LogP contribution in [0.15, 0.2) is 12.1 Å². The van der Waals surface area contributed by atoms with Gasteiger partial charge in [0.1, 0.15) is 0 Å². The monoisotopic (exact) mass is 275 g/mol. The molecule has 0 saturated heterocycles. The number of nitrogens with one attached hydrogen (secondary N) is 1. The summed E-state index contributed by atoms with van der Waals surface area (Å²) >= 11 is 6.17. The zero-order valence-corrected chi connectivity index (χ0v) is 11.9. The summed E-state index contributed by atoms with van der Waals surface area (Å²) in [6.07, 6.45) is 7.20. The topological polar surface area (TPSA) is 32.9 Å². The SMILES string of the molecule is Cc1c(Cl)ccc2c(C=O)c(C3CCCCC3)[nH]c12. The summed E-state index contributed by atoms with van der Waals surface area (Å²) in [6.45, 7) is 2.00. The average Bonchev–Trinajstić information content (AvgIpc) is 2.83. The van der Waals surface area contributed by atoms with Crippen molar-refractivity contribution >= 4 is 28.8 Å². The van der Waals surface area contributed by atoms with Crippen LogP contribution in [0.25, 0.3) is 10.9 Å². The van der Waals surface area contributed by atoms with Crippen LogP contribution in [0.5, 0.6) is 0 Å². The number of halogens is 1. The Hall–Kier alpha value is -1.28. The second-order valence-electron chi connectivity index (χ2n) is 5.50. The van der Waals surface area contributed by atoms with Crippen molar-refractivity contribution in [1.82, 2.24) is 4.98 Å². The summed E-state index contributed by atoms with van der Waals surface area (Å²) in [5.74, 6) is 0.500. The molecule has 1 aromatic heterocycles. The number of carbonyl (C=O) groups excluding carboxylic acids is 1. The molecular formula is C16H18ClNO. The summed E-state index contributed by atoms with van der Waals surface area (Å²) in [7, 11) is 0. The van der Waals surface area contributed by atoms with E-state index in [-0.39, 0.29) is 0 Å². The van der Waals surface area contributed by atoms with Crippen LogP contribution >= 0.6 is 11.6 Å². The van der Waals surface area contributed by atoms with E-state index in [0.717, 1.165) is 39.0 Å². The van der Waals surface area contributed by atoms with Crippen molar-refractivity contribution in [1.29, 1.82) is 0 Å². The van der Waals surface area contributed by atoms with E-state index in [1.807, 2.05) is 19.1 Å². The first-order valence-electron chi connectivity index (χ1n) is 6.98. The molecular weight excluding hydrogens is 258 g/mol. The molecule has 1 N–H and O–H groups in total. The van der Waals surface area contributed by atoms with Gasteiger partial charge in [-0.1, -0.05) is 36.9 Å². The maximum absolute atomic E-state index is 11.5. The van der Waals surface area contributed by atoms with Crippen LogP contribution in [0, 0.1) is 6.92 Å². The smallest absolute Gasteiger partial charge is 0.152 e. The fourth-order valence-electron chi connectivity index (χ4n) is 3.26. The number of aldehydes is 1. The van der Waals surface area contributed by atoms with Crippen LogP contribution in [0.3, 0.4) is 0 Å². The van der Waals surface area contributed by atoms with Crippen molar-refractivity contribution in [3.63, 3.8) is 0 Å². The van der Waals surface area contributed by atoms with Gasteiger partial charge in [0.15, 0.2) is 6.29 Å². The first-order chi connectivity index (χ1) is 9.22. The maximum atomic E-state index is 11.5. The van der Waals surface area contributed by atoms with E-state index >= 15 is 0 Å². The largest absolute Gasteiger partial charge is 0.357 e. The summed E-state index contributed by atoms with van der Waals surface area (Å²) in [5, 5.41) is 1.76. The molecule has 0 spiro atoms. The molecule has 0 aliphatic heterocycles. The van der Waals surface area contributed by atoms with E-state index in [1.165, 1.54) is 32.1 Å². The minimum atomic E-state index is 0.500. The minimum Gasteiger partial charge on any atom is -0.357 e. The van der Waals surface area contributed by atoms with E-state index in [4.69, 9.17) is 11.6 Å². The Balaban J connectivity index is 2.18. The fraction of sp³-hybridized carbons (Fsp3) is 0.438. The number of carbonyl (C=O) groups is 1. The van der Waals surface area contributed by atoms with Crippen molar-refractivity contribution < 1.29 is 4.79 Å². The van der Waals surface area contributed by atoms with E-state index in [1.54, 1.807) is 0 Å². The zero-order valence-electron chi connectivity index (χ0n) is 11.1. The molecule has 3 heteroatoms. The fourth-order valence-corrected chi connectivity index (χ4v) is 3.42. The molecule has 1 aromatic carbocycles. The number of aromatic amines is 1. The Morgan fingerprint density at radius 1 is 1.26 bits per heavy atom. The molecule has 0 bridgehead atoms. The minimum absolute atomic E-state index is 0.500. The van der Waals surface area contributed by atoms with Gasteiger partial charge in [-0.15, -0.1) is 0 Å². The Bertz CT molecular complexity index is 623. The van der Waals surface area contributed by atoms with Gasteiger partial charge in [-0.2, -0.15) is 0 Å². The van der Waals surface area contributed by atoms with Crippen molar-refractivity contribution in [3.8, 4) is 0 Å². The van der Waals surface area contributed by atoms with Crippen LogP contribution in [-0.4, -0.2) is 11.3 Å². The van der Waals surface area contributed by atoms with Crippen molar-refractivity contribution in [2.75, 3.05) is 0 Å². The Morgan fingerprint density at radius 2 is 2.00 bits per heavy atom. The molecule has 3 rings (SSSR count). The van der Waals surface area contributed by atoms with Gasteiger partial charge in [0.2, 0.25) is 0 Å². The molecule has 0 atom stereocenters. The van der Waals surface area contributed by atoms with Gasteiger partial charge >= 0.3 is 0 Å². The standard InChI is InChI=1S/C16H18ClNO/c1-10-14(17)8-7-12-13(9-19)16(18-15(10)12)11-5-3-2-4-6-11/h7-9,11,18H,2-6H2,1H3. The number of hydrogen-bond donors (Lipinski definition) is 1. The second-order valence-corrected chi connectivity index (χ2v) is 5.91. The Morgan fingerprint density at radius 3 is 2.68 bits per heavy atom. The average molecular weight is 276 g/mol. The van der Waals surface area contributed by atoms with Crippen molar-refractivity contribution in [3.05, 3.63) is 34.0 Å². The third-order valence-electron chi connectivity index (χ3n) is 4.37. The van der Waals surface area contributed by atoms with Gasteiger partial charge in [0.05, 0.1) is 5.52 Å². The Kier molecular flexibility index (Phi) is 3.36. The lowest BCUT2D eigenvalue weighted by atomic mass is 9.85. The Labute approximate surface area is 118 Å². The zero-order chi connectivity index (χ0) is 13.4. The first-order valence-corrected chi connectivity index (χ1v) is 7.36. The third kappa shape index (κ3) is 2.08. The van der Waals surface area contributed by atoms with Gasteiger partial charge in [-0.25, -0.2) is 0 Å². The summed E-state index contributed by atoms with van der Waals surface area (Å²) in [4.78, 5) is 15.0. The highest BCUT2D eigenvalue weighted by atomic mass is 35.5. The van der Waals surface area contributed by atoms with Gasteiger partial charge in [0.25, 0.3) is 0 Å². The van der Waals surface area contributed by atoms with Gasteiger partial charge in [-0.3, -0.25) is 4.79 Å². The van der Waals surface area contributed by atoms with Crippen LogP contribution in [0.1, 0.15) is 59.6 Å². The number of hydrogen-bond acceptors (Lipinski definition) is 1. The highest BCUT2D eigenvalue weighted by molar-refractivity contribution is 6.32. The molecule has 1 aliphatic rings. The summed E-state index contributed by atoms with van der Waals surface area (Å²) < 4.78 is 0. The molecule has 0 unspecified atom stereocenters. The highest BCUT2D eigenvalue weighted by Crippen LogP contribution is 2.37. The third-order valence-corrected chi connectivity index (χ3v) is 4.78. The number of benzene rings is 1. The lowest BCUT2D eigenvalue weighted by Gasteiger charge is -2.21. The van der Waals surface area contributed by atoms with Gasteiger partial charge in [0, 0.05) is 21.7 Å². The predicted octanol–water partition coefficient (Wildman–Crippen LogP) is 4.99. The van der Waals surface area contributed by atoms with Crippen LogP contribution < -0.4 is 0 Å². The number of aryl methyl sites for hydroxylation is 1. The number of fused-ring (bicyclic) bond motifs is 1. The van der Waals surface area contributed by atoms with E-state index in [9.17, 15) is 4.79 Å².